The number of hydrogen-bond acceptors (Lipinski definition) is 2. The molecule has 0 saturated heterocycles. The van der Waals surface area contributed by atoms with Gasteiger partial charge in [-0.2, -0.15) is 0 Å². The minimum absolute atomic E-state index is 0.0708. The van der Waals surface area contributed by atoms with E-state index in [-0.39, 0.29) is 11.8 Å². The molecule has 0 amide bonds. The van der Waals surface area contributed by atoms with Gasteiger partial charge in [0.25, 0.3) is 0 Å². The van der Waals surface area contributed by atoms with E-state index in [1.54, 1.807) is 12.1 Å². The van der Waals surface area contributed by atoms with Crippen LogP contribution in [-0.2, 0) is 0 Å². The lowest BCUT2D eigenvalue weighted by molar-refractivity contribution is 0.472. The molecule has 0 heterocycles. The number of aromatic hydroxyl groups is 1. The summed E-state index contributed by atoms with van der Waals surface area (Å²) in [7, 11) is 0. The normalized spacial score (nSPS) is 18.6. The Labute approximate surface area is 85.9 Å². The summed E-state index contributed by atoms with van der Waals surface area (Å²) < 4.78 is 0.990. The molecule has 0 aromatic heterocycles. The summed E-state index contributed by atoms with van der Waals surface area (Å²) >= 11 is 3.44. The van der Waals surface area contributed by atoms with Gasteiger partial charge in [0, 0.05) is 10.5 Å². The number of phenols is 1. The average molecular weight is 242 g/mol. The van der Waals surface area contributed by atoms with Gasteiger partial charge >= 0.3 is 0 Å². The van der Waals surface area contributed by atoms with Gasteiger partial charge in [-0.05, 0) is 42.5 Å². The van der Waals surface area contributed by atoms with Crippen LogP contribution in [0.15, 0.2) is 22.7 Å². The Morgan fingerprint density at radius 1 is 1.46 bits per heavy atom. The third kappa shape index (κ3) is 1.86. The summed E-state index contributed by atoms with van der Waals surface area (Å²) in [6.45, 7) is 0. The molecule has 0 bridgehead atoms. The minimum atomic E-state index is 0.0708. The van der Waals surface area contributed by atoms with Gasteiger partial charge in [0.1, 0.15) is 5.75 Å². The Kier molecular flexibility index (Phi) is 2.30. The maximum atomic E-state index is 9.31. The largest absolute Gasteiger partial charge is 0.508 e. The van der Waals surface area contributed by atoms with Crippen molar-refractivity contribution < 1.29 is 5.11 Å². The first kappa shape index (κ1) is 9.03. The fourth-order valence-corrected chi connectivity index (χ4v) is 2.01. The summed E-state index contributed by atoms with van der Waals surface area (Å²) in [6, 6.07) is 5.31. The topological polar surface area (TPSA) is 46.2 Å². The predicted molar refractivity (Wildman–Crippen MR) is 55.5 cm³/mol. The van der Waals surface area contributed by atoms with Crippen LogP contribution in [0.4, 0.5) is 0 Å². The van der Waals surface area contributed by atoms with Gasteiger partial charge in [0.15, 0.2) is 0 Å². The molecule has 2 rings (SSSR count). The maximum absolute atomic E-state index is 9.31. The van der Waals surface area contributed by atoms with Crippen molar-refractivity contribution in [1.82, 2.24) is 0 Å². The highest BCUT2D eigenvalue weighted by atomic mass is 79.9. The molecule has 0 aliphatic heterocycles. The molecule has 2 nitrogen and oxygen atoms in total. The number of benzene rings is 1. The first-order chi connectivity index (χ1) is 6.18. The summed E-state index contributed by atoms with van der Waals surface area (Å²) in [5.74, 6) is 0.896. The fraction of sp³-hybridized carbons (Fsp3) is 0.400. The van der Waals surface area contributed by atoms with Gasteiger partial charge in [-0.3, -0.25) is 0 Å². The van der Waals surface area contributed by atoms with Crippen LogP contribution < -0.4 is 5.73 Å². The van der Waals surface area contributed by atoms with Crippen LogP contribution in [-0.4, -0.2) is 5.11 Å². The predicted octanol–water partition coefficient (Wildman–Crippen LogP) is 2.56. The van der Waals surface area contributed by atoms with Crippen molar-refractivity contribution in [2.24, 2.45) is 11.7 Å². The third-order valence-electron chi connectivity index (χ3n) is 2.47. The Hall–Kier alpha value is -0.540. The number of rotatable bonds is 2. The highest BCUT2D eigenvalue weighted by molar-refractivity contribution is 9.10. The zero-order valence-electron chi connectivity index (χ0n) is 7.20. The van der Waals surface area contributed by atoms with E-state index in [9.17, 15) is 5.11 Å². The molecule has 1 aliphatic carbocycles. The van der Waals surface area contributed by atoms with Crippen LogP contribution in [0.3, 0.4) is 0 Å². The van der Waals surface area contributed by atoms with E-state index in [1.165, 1.54) is 12.8 Å². The van der Waals surface area contributed by atoms with Crippen LogP contribution in [0.1, 0.15) is 24.4 Å². The van der Waals surface area contributed by atoms with Crippen molar-refractivity contribution in [2.45, 2.75) is 18.9 Å². The number of nitrogens with two attached hydrogens (primary N) is 1. The van der Waals surface area contributed by atoms with Crippen molar-refractivity contribution in [2.75, 3.05) is 0 Å². The van der Waals surface area contributed by atoms with E-state index >= 15 is 0 Å². The molecule has 1 atom stereocenters. The summed E-state index contributed by atoms with van der Waals surface area (Å²) in [6.07, 6.45) is 2.42. The van der Waals surface area contributed by atoms with E-state index < -0.39 is 0 Å². The van der Waals surface area contributed by atoms with Crippen molar-refractivity contribution in [3.63, 3.8) is 0 Å². The number of hydrogen-bond donors (Lipinski definition) is 2. The average Bonchev–Trinajstić information content (AvgIpc) is 2.91. The Bertz CT molecular complexity index is 323. The van der Waals surface area contributed by atoms with Crippen LogP contribution in [0.5, 0.6) is 5.75 Å². The quantitative estimate of drug-likeness (QED) is 0.837. The lowest BCUT2D eigenvalue weighted by atomic mass is 10.0. The molecular weight excluding hydrogens is 230 g/mol. The first-order valence-electron chi connectivity index (χ1n) is 4.42. The second-order valence-electron chi connectivity index (χ2n) is 3.57. The minimum Gasteiger partial charge on any atom is -0.508 e. The van der Waals surface area contributed by atoms with Crippen molar-refractivity contribution in [1.29, 1.82) is 0 Å². The van der Waals surface area contributed by atoms with Crippen LogP contribution >= 0.6 is 15.9 Å². The Morgan fingerprint density at radius 3 is 2.77 bits per heavy atom. The molecule has 3 heteroatoms. The van der Waals surface area contributed by atoms with Crippen molar-refractivity contribution in [3.05, 3.63) is 28.2 Å². The van der Waals surface area contributed by atoms with Crippen molar-refractivity contribution >= 4 is 15.9 Å². The standard InChI is InChI=1S/C10H12BrNO/c11-9-4-3-7(13)5-8(9)10(12)6-1-2-6/h3-6,10,13H,1-2,12H2. The van der Waals surface area contributed by atoms with Gasteiger partial charge in [-0.15, -0.1) is 0 Å². The molecule has 1 unspecified atom stereocenters. The number of halogens is 1. The highest BCUT2D eigenvalue weighted by Gasteiger charge is 2.30. The van der Waals surface area contributed by atoms with E-state index in [0.717, 1.165) is 10.0 Å². The van der Waals surface area contributed by atoms with E-state index in [4.69, 9.17) is 5.73 Å². The van der Waals surface area contributed by atoms with E-state index in [0.29, 0.717) is 5.92 Å². The molecule has 1 saturated carbocycles. The molecule has 1 aliphatic rings. The molecule has 70 valence electrons. The smallest absolute Gasteiger partial charge is 0.115 e. The monoisotopic (exact) mass is 241 g/mol. The fourth-order valence-electron chi connectivity index (χ4n) is 1.50. The molecule has 1 fully saturated rings. The van der Waals surface area contributed by atoms with Gasteiger partial charge in [0.2, 0.25) is 0 Å². The Morgan fingerprint density at radius 2 is 2.15 bits per heavy atom. The summed E-state index contributed by atoms with van der Waals surface area (Å²) in [5.41, 5.74) is 7.05. The highest BCUT2D eigenvalue weighted by Crippen LogP contribution is 2.42. The summed E-state index contributed by atoms with van der Waals surface area (Å²) in [4.78, 5) is 0. The number of phenolic OH excluding ortho intramolecular Hbond substituents is 1. The molecule has 0 radical (unpaired) electrons. The van der Waals surface area contributed by atoms with Gasteiger partial charge < -0.3 is 10.8 Å². The van der Waals surface area contributed by atoms with Crippen LogP contribution in [0, 0.1) is 5.92 Å². The van der Waals surface area contributed by atoms with E-state index in [2.05, 4.69) is 15.9 Å². The van der Waals surface area contributed by atoms with Gasteiger partial charge in [-0.1, -0.05) is 15.9 Å². The zero-order chi connectivity index (χ0) is 9.42. The Balaban J connectivity index is 2.31. The molecule has 1 aromatic carbocycles. The lowest BCUT2D eigenvalue weighted by Gasteiger charge is -2.12. The van der Waals surface area contributed by atoms with Crippen LogP contribution in [0.25, 0.3) is 0 Å². The second kappa shape index (κ2) is 3.31. The van der Waals surface area contributed by atoms with E-state index in [1.807, 2.05) is 6.07 Å². The van der Waals surface area contributed by atoms with Gasteiger partial charge in [0.05, 0.1) is 0 Å². The SMILES string of the molecule is NC(c1cc(O)ccc1Br)C1CC1. The molecule has 1 aromatic rings. The lowest BCUT2D eigenvalue weighted by Crippen LogP contribution is -2.12. The third-order valence-corrected chi connectivity index (χ3v) is 3.19. The van der Waals surface area contributed by atoms with Crippen molar-refractivity contribution in [3.8, 4) is 5.75 Å². The van der Waals surface area contributed by atoms with Crippen LogP contribution in [0.2, 0.25) is 0 Å². The summed E-state index contributed by atoms with van der Waals surface area (Å²) in [5, 5.41) is 9.31. The molecule has 0 spiro atoms. The first-order valence-corrected chi connectivity index (χ1v) is 5.22. The van der Waals surface area contributed by atoms with Gasteiger partial charge in [-0.25, -0.2) is 0 Å². The maximum Gasteiger partial charge on any atom is 0.115 e. The zero-order valence-corrected chi connectivity index (χ0v) is 8.79. The molecule has 3 N–H and O–H groups in total. The molecule has 13 heavy (non-hydrogen) atoms. The second-order valence-corrected chi connectivity index (χ2v) is 4.42. The molecular formula is C10H12BrNO.